The Labute approximate surface area is 264 Å². The number of nitrogens with zero attached hydrogens (tertiary/aromatic N) is 2. The normalized spacial score (nSPS) is 11.6. The number of rotatable bonds is 4. The smallest absolute Gasteiger partial charge is 0.160 e. The number of aromatic nitrogens is 2. The minimum absolute atomic E-state index is 0.723. The Morgan fingerprint density at radius 2 is 1.09 bits per heavy atom. The molecular weight excluding hydrogens is 565 g/mol. The van der Waals surface area contributed by atoms with Crippen molar-refractivity contribution in [2.75, 3.05) is 0 Å². The second-order valence-corrected chi connectivity index (χ2v) is 12.5. The topological polar surface area (TPSA) is 25.8 Å². The molecule has 0 spiro atoms. The lowest BCUT2D eigenvalue weighted by Gasteiger charge is -2.13. The first-order valence-electron chi connectivity index (χ1n) is 15.2. The van der Waals surface area contributed by atoms with E-state index in [9.17, 15) is 0 Å². The summed E-state index contributed by atoms with van der Waals surface area (Å²) in [5.41, 5.74) is 6.21. The van der Waals surface area contributed by atoms with Crippen LogP contribution < -0.4 is 0 Å². The molecule has 0 atom stereocenters. The molecule has 7 aromatic carbocycles. The van der Waals surface area contributed by atoms with Gasteiger partial charge in [0.15, 0.2) is 5.82 Å². The molecule has 9 rings (SSSR count). The van der Waals surface area contributed by atoms with Crippen LogP contribution in [0.25, 0.3) is 86.7 Å². The zero-order valence-electron chi connectivity index (χ0n) is 24.3. The highest BCUT2D eigenvalue weighted by atomic mass is 32.1. The number of fused-ring (bicyclic) bond motifs is 5. The third kappa shape index (κ3) is 4.57. The second kappa shape index (κ2) is 10.5. The van der Waals surface area contributed by atoms with E-state index in [1.54, 1.807) is 0 Å². The molecule has 0 aliphatic heterocycles. The SMILES string of the molecule is c1ccc(-c2nc(-c3ccc(-c4cc5ccccc5s4)cc3)cc(-c3cccc4c3ccc3cc5ccccc5cc34)n2)cc1. The van der Waals surface area contributed by atoms with E-state index >= 15 is 0 Å². The molecule has 0 saturated heterocycles. The molecule has 210 valence electrons. The highest BCUT2D eigenvalue weighted by Crippen LogP contribution is 2.37. The van der Waals surface area contributed by atoms with Crippen LogP contribution in [0.3, 0.4) is 0 Å². The summed E-state index contributed by atoms with van der Waals surface area (Å²) < 4.78 is 1.31. The van der Waals surface area contributed by atoms with Gasteiger partial charge < -0.3 is 0 Å². The van der Waals surface area contributed by atoms with E-state index in [4.69, 9.17) is 9.97 Å². The molecule has 0 bridgehead atoms. The van der Waals surface area contributed by atoms with Crippen LogP contribution in [-0.4, -0.2) is 9.97 Å². The highest BCUT2D eigenvalue weighted by Gasteiger charge is 2.14. The maximum atomic E-state index is 5.16. The second-order valence-electron chi connectivity index (χ2n) is 11.4. The summed E-state index contributed by atoms with van der Waals surface area (Å²) >= 11 is 1.83. The number of thiophene rings is 1. The van der Waals surface area contributed by atoms with Crippen molar-refractivity contribution in [3.63, 3.8) is 0 Å². The van der Waals surface area contributed by atoms with E-state index in [0.717, 1.165) is 33.9 Å². The lowest BCUT2D eigenvalue weighted by molar-refractivity contribution is 1.18. The predicted molar refractivity (Wildman–Crippen MR) is 192 cm³/mol. The summed E-state index contributed by atoms with van der Waals surface area (Å²) in [4.78, 5) is 11.5. The van der Waals surface area contributed by atoms with Crippen molar-refractivity contribution in [2.45, 2.75) is 0 Å². The molecule has 2 nitrogen and oxygen atoms in total. The number of benzene rings is 7. The largest absolute Gasteiger partial charge is 0.228 e. The Kier molecular flexibility index (Phi) is 6.03. The van der Waals surface area contributed by atoms with Gasteiger partial charge in [-0.1, -0.05) is 127 Å². The van der Waals surface area contributed by atoms with E-state index in [1.165, 1.54) is 52.8 Å². The Morgan fingerprint density at radius 1 is 0.378 bits per heavy atom. The van der Waals surface area contributed by atoms with Gasteiger partial charge in [0.05, 0.1) is 11.4 Å². The number of hydrogen-bond donors (Lipinski definition) is 0. The van der Waals surface area contributed by atoms with Gasteiger partial charge in [-0.2, -0.15) is 0 Å². The lowest BCUT2D eigenvalue weighted by Crippen LogP contribution is -1.96. The molecule has 0 saturated carbocycles. The van der Waals surface area contributed by atoms with Crippen LogP contribution in [0.1, 0.15) is 0 Å². The van der Waals surface area contributed by atoms with E-state index in [1.807, 2.05) is 29.5 Å². The van der Waals surface area contributed by atoms with Crippen molar-refractivity contribution >= 4 is 53.7 Å². The standard InChI is InChI=1S/C42H26N2S/c1-2-9-29(10-3-1)42-43-38(27-17-19-28(20-18-27)41-25-33-13-6-7-16-40(33)45-41)26-39(44-42)36-15-8-14-34-35(36)22-21-32-23-30-11-4-5-12-31(30)24-37(32)34/h1-26H. The quantitative estimate of drug-likeness (QED) is 0.150. The number of hydrogen-bond acceptors (Lipinski definition) is 3. The average molecular weight is 591 g/mol. The summed E-state index contributed by atoms with van der Waals surface area (Å²) in [6, 6.07) is 56.2. The maximum Gasteiger partial charge on any atom is 0.160 e. The third-order valence-electron chi connectivity index (χ3n) is 8.67. The fourth-order valence-corrected chi connectivity index (χ4v) is 7.45. The first kappa shape index (κ1) is 25.8. The van der Waals surface area contributed by atoms with Gasteiger partial charge in [-0.05, 0) is 73.6 Å². The fourth-order valence-electron chi connectivity index (χ4n) is 6.38. The monoisotopic (exact) mass is 590 g/mol. The predicted octanol–water partition coefficient (Wildman–Crippen LogP) is 11.8. The van der Waals surface area contributed by atoms with E-state index < -0.39 is 0 Å². The first-order chi connectivity index (χ1) is 22.3. The van der Waals surface area contributed by atoms with Crippen LogP contribution in [0.4, 0.5) is 0 Å². The van der Waals surface area contributed by atoms with Crippen molar-refractivity contribution in [3.8, 4) is 44.3 Å². The van der Waals surface area contributed by atoms with Gasteiger partial charge in [-0.15, -0.1) is 11.3 Å². The Hall–Kier alpha value is -5.64. The van der Waals surface area contributed by atoms with Crippen LogP contribution in [0.5, 0.6) is 0 Å². The minimum Gasteiger partial charge on any atom is -0.228 e. The molecule has 3 heteroatoms. The van der Waals surface area contributed by atoms with E-state index in [-0.39, 0.29) is 0 Å². The van der Waals surface area contributed by atoms with Gasteiger partial charge in [-0.3, -0.25) is 0 Å². The zero-order chi connectivity index (χ0) is 29.7. The third-order valence-corrected chi connectivity index (χ3v) is 9.83. The molecular formula is C42H26N2S. The van der Waals surface area contributed by atoms with Crippen molar-refractivity contribution in [1.82, 2.24) is 9.97 Å². The van der Waals surface area contributed by atoms with Crippen molar-refractivity contribution in [3.05, 3.63) is 158 Å². The maximum absolute atomic E-state index is 5.16. The molecule has 45 heavy (non-hydrogen) atoms. The molecule has 0 N–H and O–H groups in total. The van der Waals surface area contributed by atoms with Gasteiger partial charge in [0.1, 0.15) is 0 Å². The van der Waals surface area contributed by atoms with Crippen LogP contribution in [0.2, 0.25) is 0 Å². The summed E-state index contributed by atoms with van der Waals surface area (Å²) in [6.45, 7) is 0. The summed E-state index contributed by atoms with van der Waals surface area (Å²) in [6.07, 6.45) is 0. The van der Waals surface area contributed by atoms with Crippen molar-refractivity contribution in [1.29, 1.82) is 0 Å². The Morgan fingerprint density at radius 3 is 1.91 bits per heavy atom. The molecule has 2 heterocycles. The van der Waals surface area contributed by atoms with Crippen LogP contribution >= 0.6 is 11.3 Å². The first-order valence-corrected chi connectivity index (χ1v) is 16.0. The van der Waals surface area contributed by atoms with E-state index in [2.05, 4.69) is 140 Å². The highest BCUT2D eigenvalue weighted by molar-refractivity contribution is 7.22. The summed E-state index contributed by atoms with van der Waals surface area (Å²) in [5, 5.41) is 8.69. The van der Waals surface area contributed by atoms with Gasteiger partial charge in [0, 0.05) is 26.3 Å². The molecule has 0 aliphatic carbocycles. The Balaban J connectivity index is 1.20. The molecule has 0 aliphatic rings. The Bertz CT molecular complexity index is 2500. The van der Waals surface area contributed by atoms with Gasteiger partial charge in [0.2, 0.25) is 0 Å². The van der Waals surface area contributed by atoms with Gasteiger partial charge >= 0.3 is 0 Å². The van der Waals surface area contributed by atoms with Crippen LogP contribution in [0, 0.1) is 0 Å². The lowest BCUT2D eigenvalue weighted by atomic mass is 9.94. The molecule has 0 fully saturated rings. The summed E-state index contributed by atoms with van der Waals surface area (Å²) in [7, 11) is 0. The van der Waals surface area contributed by atoms with Crippen molar-refractivity contribution < 1.29 is 0 Å². The zero-order valence-corrected chi connectivity index (χ0v) is 25.1. The molecule has 0 radical (unpaired) electrons. The molecule has 2 aromatic heterocycles. The van der Waals surface area contributed by atoms with Gasteiger partial charge in [-0.25, -0.2) is 9.97 Å². The molecule has 0 unspecified atom stereocenters. The van der Waals surface area contributed by atoms with Crippen LogP contribution in [-0.2, 0) is 0 Å². The fraction of sp³-hybridized carbons (Fsp3) is 0. The molecule has 9 aromatic rings. The van der Waals surface area contributed by atoms with Crippen LogP contribution in [0.15, 0.2) is 158 Å². The molecule has 0 amide bonds. The minimum atomic E-state index is 0.723. The van der Waals surface area contributed by atoms with Gasteiger partial charge in [0.25, 0.3) is 0 Å². The van der Waals surface area contributed by atoms with Crippen molar-refractivity contribution in [2.24, 2.45) is 0 Å². The summed E-state index contributed by atoms with van der Waals surface area (Å²) in [5.74, 6) is 0.723. The average Bonchev–Trinajstić information content (AvgIpc) is 3.55. The van der Waals surface area contributed by atoms with E-state index in [0.29, 0.717) is 0 Å².